The van der Waals surface area contributed by atoms with Gasteiger partial charge in [-0.15, -0.1) is 0 Å². The van der Waals surface area contributed by atoms with Gasteiger partial charge < -0.3 is 14.4 Å². The number of carbonyl (C=O) groups is 2. The molecule has 13 heteroatoms. The number of likely N-dealkylation sites (tertiary alicyclic amines) is 1. The summed E-state index contributed by atoms with van der Waals surface area (Å²) in [4.78, 5) is 28.2. The minimum atomic E-state index is -5.09. The fourth-order valence-electron chi connectivity index (χ4n) is 5.19. The third-order valence-electron chi connectivity index (χ3n) is 7.41. The fourth-order valence-corrected chi connectivity index (χ4v) is 5.71. The Morgan fingerprint density at radius 3 is 1.96 bits per heavy atom. The number of piperidine rings is 1. The number of para-hydroxylation sites is 1. The zero-order valence-corrected chi connectivity index (χ0v) is 25.4. The molecule has 2 atom stereocenters. The molecule has 6 nitrogen and oxygen atoms in total. The average molecular weight is 675 g/mol. The number of halogens is 6. The number of hydrogen-bond donors (Lipinski definition) is 1. The van der Waals surface area contributed by atoms with Gasteiger partial charge in [0.15, 0.2) is 0 Å². The van der Waals surface area contributed by atoms with E-state index in [2.05, 4.69) is 4.72 Å². The normalized spacial score (nSPS) is 16.8. The van der Waals surface area contributed by atoms with Gasteiger partial charge in [0.05, 0.1) is 11.1 Å². The first kappa shape index (κ1) is 33.7. The van der Waals surface area contributed by atoms with Gasteiger partial charge in [0.1, 0.15) is 17.6 Å². The molecular weight excluding hydrogens is 646 g/mol. The third kappa shape index (κ3) is 9.22. The molecule has 2 amide bonds. The Bertz CT molecular complexity index is 1640. The number of hydrogen-bond acceptors (Lipinski definition) is 5. The van der Waals surface area contributed by atoms with Crippen molar-refractivity contribution in [3.63, 3.8) is 0 Å². The van der Waals surface area contributed by atoms with E-state index in [1.807, 2.05) is 30.3 Å². The van der Waals surface area contributed by atoms with E-state index in [-0.39, 0.29) is 31.9 Å². The summed E-state index contributed by atoms with van der Waals surface area (Å²) in [6.07, 6.45) is -11.1. The van der Waals surface area contributed by atoms with Gasteiger partial charge in [-0.25, -0.2) is 4.79 Å². The van der Waals surface area contributed by atoms with E-state index in [4.69, 9.17) is 9.47 Å². The predicted octanol–water partition coefficient (Wildman–Crippen LogP) is 9.17. The van der Waals surface area contributed by atoms with Crippen molar-refractivity contribution in [3.8, 4) is 11.5 Å². The van der Waals surface area contributed by atoms with Crippen LogP contribution in [0.25, 0.3) is 0 Å². The first-order chi connectivity index (χ1) is 22.3. The Labute approximate surface area is 270 Å². The maximum absolute atomic E-state index is 13.5. The summed E-state index contributed by atoms with van der Waals surface area (Å²) in [5.41, 5.74) is -3.07. The van der Waals surface area contributed by atoms with Crippen molar-refractivity contribution < 1.29 is 45.4 Å². The van der Waals surface area contributed by atoms with E-state index in [9.17, 15) is 35.9 Å². The summed E-state index contributed by atoms with van der Waals surface area (Å²) in [7, 11) is 0. The molecule has 1 heterocycles. The largest absolute Gasteiger partial charge is 0.457 e. The number of benzene rings is 4. The second-order valence-corrected chi connectivity index (χ2v) is 11.7. The highest BCUT2D eigenvalue weighted by Crippen LogP contribution is 2.37. The smallest absolute Gasteiger partial charge is 0.417 e. The van der Waals surface area contributed by atoms with Crippen LogP contribution in [-0.2, 0) is 23.5 Å². The lowest BCUT2D eigenvalue weighted by Gasteiger charge is -2.39. The zero-order chi connectivity index (χ0) is 33.6. The molecule has 0 radical (unpaired) electrons. The number of ether oxygens (including phenoxy) is 2. The molecule has 1 saturated heterocycles. The fraction of sp³-hybridized carbons (Fsp3) is 0.235. The van der Waals surface area contributed by atoms with Gasteiger partial charge in [0.25, 0.3) is 5.91 Å². The molecule has 0 spiro atoms. The Morgan fingerprint density at radius 1 is 0.787 bits per heavy atom. The molecule has 1 N–H and O–H groups in total. The molecule has 1 aliphatic heterocycles. The molecule has 0 unspecified atom stereocenters. The molecule has 246 valence electrons. The highest BCUT2D eigenvalue weighted by Gasteiger charge is 2.39. The zero-order valence-electron chi connectivity index (χ0n) is 24.6. The Morgan fingerprint density at radius 2 is 1.36 bits per heavy atom. The molecule has 47 heavy (non-hydrogen) atoms. The number of nitrogens with zero attached hydrogens (tertiary/aromatic N) is 1. The van der Waals surface area contributed by atoms with Gasteiger partial charge in [-0.05, 0) is 78.5 Å². The van der Waals surface area contributed by atoms with E-state index < -0.39 is 53.2 Å². The lowest BCUT2D eigenvalue weighted by molar-refractivity contribution is -0.143. The van der Waals surface area contributed by atoms with Crippen LogP contribution in [0.2, 0.25) is 0 Å². The maximum atomic E-state index is 13.5. The van der Waals surface area contributed by atoms with E-state index in [0.717, 1.165) is 17.5 Å². The summed E-state index contributed by atoms with van der Waals surface area (Å²) >= 11 is 1.02. The molecule has 4 aromatic carbocycles. The minimum absolute atomic E-state index is 0.0121. The van der Waals surface area contributed by atoms with Gasteiger partial charge in [0, 0.05) is 35.9 Å². The van der Waals surface area contributed by atoms with E-state index >= 15 is 0 Å². The molecule has 1 fully saturated rings. The lowest BCUT2D eigenvalue weighted by Crippen LogP contribution is -2.49. The number of alkyl halides is 6. The van der Waals surface area contributed by atoms with Crippen LogP contribution in [0.1, 0.15) is 39.9 Å². The van der Waals surface area contributed by atoms with Crippen molar-refractivity contribution in [3.05, 3.63) is 125 Å². The second kappa shape index (κ2) is 14.4. The maximum Gasteiger partial charge on any atom is 0.417 e. The number of carbonyl (C=O) groups excluding carboxylic acids is 2. The Balaban J connectivity index is 1.25. The van der Waals surface area contributed by atoms with E-state index in [0.29, 0.717) is 28.5 Å². The number of nitrogens with one attached hydrogen (secondary N) is 1. The van der Waals surface area contributed by atoms with Crippen molar-refractivity contribution in [1.29, 1.82) is 0 Å². The molecule has 4 aromatic rings. The van der Waals surface area contributed by atoms with Crippen molar-refractivity contribution in [1.82, 2.24) is 9.62 Å². The Kier molecular flexibility index (Phi) is 10.3. The van der Waals surface area contributed by atoms with Crippen LogP contribution in [-0.4, -0.2) is 35.6 Å². The molecule has 0 aliphatic carbocycles. The molecule has 0 saturated carbocycles. The lowest BCUT2D eigenvalue weighted by atomic mass is 9.92. The van der Waals surface area contributed by atoms with E-state index in [1.165, 1.54) is 4.90 Å². The van der Waals surface area contributed by atoms with Crippen LogP contribution in [0.3, 0.4) is 0 Å². The minimum Gasteiger partial charge on any atom is -0.457 e. The average Bonchev–Trinajstić information content (AvgIpc) is 3.04. The number of amides is 2. The molecule has 0 aromatic heterocycles. The predicted molar refractivity (Wildman–Crippen MR) is 163 cm³/mol. The SMILES string of the molecule is O=C(NSc1ccc(Oc2ccccc2)cc1)O[C@H]1CCN(C(=O)c2cc(C(F)(F)F)cc(C(F)(F)F)c2)[C@H](Cc2ccccc2)C1. The van der Waals surface area contributed by atoms with Gasteiger partial charge in [0.2, 0.25) is 0 Å². The topological polar surface area (TPSA) is 67.9 Å². The molecule has 1 aliphatic rings. The first-order valence-corrected chi connectivity index (χ1v) is 15.3. The summed E-state index contributed by atoms with van der Waals surface area (Å²) in [6, 6.07) is 25.3. The summed E-state index contributed by atoms with van der Waals surface area (Å²) in [5, 5.41) is 0. The molecule has 0 bridgehead atoms. The van der Waals surface area contributed by atoms with E-state index in [1.54, 1.807) is 54.6 Å². The first-order valence-electron chi connectivity index (χ1n) is 14.5. The Hall–Kier alpha value is -4.65. The van der Waals surface area contributed by atoms with Gasteiger partial charge in [-0.3, -0.25) is 9.52 Å². The van der Waals surface area contributed by atoms with Gasteiger partial charge >= 0.3 is 18.4 Å². The summed E-state index contributed by atoms with van der Waals surface area (Å²) in [5.74, 6) is 0.308. The van der Waals surface area contributed by atoms with Crippen LogP contribution in [0.4, 0.5) is 31.1 Å². The quantitative estimate of drug-likeness (QED) is 0.149. The van der Waals surface area contributed by atoms with Gasteiger partial charge in [-0.2, -0.15) is 26.3 Å². The highest BCUT2D eigenvalue weighted by molar-refractivity contribution is 7.98. The van der Waals surface area contributed by atoms with Crippen LogP contribution >= 0.6 is 11.9 Å². The highest BCUT2D eigenvalue weighted by atomic mass is 32.2. The van der Waals surface area contributed by atoms with Crippen molar-refractivity contribution in [2.75, 3.05) is 6.54 Å². The monoisotopic (exact) mass is 674 g/mol. The summed E-state index contributed by atoms with van der Waals surface area (Å²) in [6.45, 7) is -0.0537. The standard InChI is InChI=1S/C34H28F6N2O4S/c35-33(36,37)24-18-23(19-25(20-24)34(38,39)40)31(43)42-16-15-29(21-26(42)17-22-7-3-1-4-8-22)46-32(44)41-47-30-13-11-28(12-14-30)45-27-9-5-2-6-10-27/h1-14,18-20,26,29H,15-17,21H2,(H,41,44)/t26-,29+/m1/s1. The molecular formula is C34H28F6N2O4S. The van der Waals surface area contributed by atoms with Gasteiger partial charge in [-0.1, -0.05) is 48.5 Å². The van der Waals surface area contributed by atoms with Crippen molar-refractivity contribution in [2.24, 2.45) is 0 Å². The van der Waals surface area contributed by atoms with Crippen molar-refractivity contribution >= 4 is 23.9 Å². The second-order valence-electron chi connectivity index (χ2n) is 10.8. The number of rotatable bonds is 8. The van der Waals surface area contributed by atoms with Crippen LogP contribution in [0, 0.1) is 0 Å². The molecule has 5 rings (SSSR count). The van der Waals surface area contributed by atoms with Crippen LogP contribution in [0.5, 0.6) is 11.5 Å². The third-order valence-corrected chi connectivity index (χ3v) is 8.18. The van der Waals surface area contributed by atoms with Crippen molar-refractivity contribution in [2.45, 2.75) is 48.7 Å². The summed E-state index contributed by atoms with van der Waals surface area (Å²) < 4.78 is 94.9. The van der Waals surface area contributed by atoms with Crippen LogP contribution < -0.4 is 9.46 Å². The van der Waals surface area contributed by atoms with Crippen LogP contribution in [0.15, 0.2) is 108 Å².